The summed E-state index contributed by atoms with van der Waals surface area (Å²) >= 11 is 0. The zero-order chi connectivity index (χ0) is 16.9. The molecule has 0 bridgehead atoms. The molecule has 0 aliphatic carbocycles. The predicted octanol–water partition coefficient (Wildman–Crippen LogP) is 1.58. The molecule has 0 spiro atoms. The fourth-order valence-electron chi connectivity index (χ4n) is 2.58. The minimum Gasteiger partial charge on any atom is -0.376 e. The highest BCUT2D eigenvalue weighted by atomic mass is 16.5. The zero-order valence-corrected chi connectivity index (χ0v) is 13.5. The quantitative estimate of drug-likeness (QED) is 0.873. The van der Waals surface area contributed by atoms with Crippen LogP contribution in [0.15, 0.2) is 36.4 Å². The zero-order valence-electron chi connectivity index (χ0n) is 13.5. The molecule has 7 heteroatoms. The van der Waals surface area contributed by atoms with E-state index in [0.717, 1.165) is 19.4 Å². The van der Waals surface area contributed by atoms with Crippen molar-refractivity contribution >= 4 is 17.6 Å². The second kappa shape index (κ2) is 7.27. The van der Waals surface area contributed by atoms with E-state index < -0.39 is 0 Å². The van der Waals surface area contributed by atoms with Crippen molar-refractivity contribution in [2.24, 2.45) is 7.05 Å². The Labute approximate surface area is 140 Å². The molecule has 1 saturated heterocycles. The van der Waals surface area contributed by atoms with Crippen LogP contribution in [-0.4, -0.2) is 40.9 Å². The van der Waals surface area contributed by atoms with Gasteiger partial charge in [0.15, 0.2) is 5.69 Å². The number of nitrogens with zero attached hydrogens (tertiary/aromatic N) is 2. The van der Waals surface area contributed by atoms with E-state index in [4.69, 9.17) is 4.74 Å². The number of ether oxygens (including phenoxy) is 1. The third-order valence-electron chi connectivity index (χ3n) is 3.90. The van der Waals surface area contributed by atoms with Gasteiger partial charge in [0.2, 0.25) is 0 Å². The number of carbonyl (C=O) groups is 2. The van der Waals surface area contributed by atoms with Crippen LogP contribution in [-0.2, 0) is 11.8 Å². The second-order valence-corrected chi connectivity index (χ2v) is 5.70. The molecule has 1 aliphatic heterocycles. The standard InChI is InChI=1S/C17H20N4O3/c1-21-15(19-16(22)12-6-3-2-4-7-12)10-14(20-21)17(23)18-11-13-8-5-9-24-13/h2-4,6-7,10,13H,5,8-9,11H2,1H3,(H,18,23)(H,19,22)/t13-/m0/s1. The molecule has 2 heterocycles. The van der Waals surface area contributed by atoms with E-state index in [1.54, 1.807) is 37.4 Å². The Bertz CT molecular complexity index is 721. The molecule has 24 heavy (non-hydrogen) atoms. The Kier molecular flexibility index (Phi) is 4.90. The summed E-state index contributed by atoms with van der Waals surface area (Å²) in [4.78, 5) is 24.3. The van der Waals surface area contributed by atoms with Crippen LogP contribution in [0, 0.1) is 0 Å². The largest absolute Gasteiger partial charge is 0.376 e. The molecule has 3 rings (SSSR count). The lowest BCUT2D eigenvalue weighted by atomic mass is 10.2. The van der Waals surface area contributed by atoms with Gasteiger partial charge in [-0.25, -0.2) is 0 Å². The van der Waals surface area contributed by atoms with Crippen molar-refractivity contribution in [3.05, 3.63) is 47.7 Å². The molecular weight excluding hydrogens is 308 g/mol. The molecule has 1 aromatic heterocycles. The Hall–Kier alpha value is -2.67. The number of hydrogen-bond acceptors (Lipinski definition) is 4. The molecule has 126 valence electrons. The Balaban J connectivity index is 1.61. The first kappa shape index (κ1) is 16.2. The van der Waals surface area contributed by atoms with Crippen LogP contribution in [0.1, 0.15) is 33.7 Å². The minimum atomic E-state index is -0.277. The van der Waals surface area contributed by atoms with Gasteiger partial charge in [-0.2, -0.15) is 5.10 Å². The van der Waals surface area contributed by atoms with Crippen LogP contribution >= 0.6 is 0 Å². The van der Waals surface area contributed by atoms with Crippen LogP contribution in [0.3, 0.4) is 0 Å². The number of aryl methyl sites for hydroxylation is 1. The third-order valence-corrected chi connectivity index (χ3v) is 3.90. The van der Waals surface area contributed by atoms with Gasteiger partial charge in [-0.1, -0.05) is 18.2 Å². The van der Waals surface area contributed by atoms with Crippen LogP contribution in [0.2, 0.25) is 0 Å². The number of rotatable bonds is 5. The molecule has 2 amide bonds. The van der Waals surface area contributed by atoms with E-state index in [1.807, 2.05) is 6.07 Å². The van der Waals surface area contributed by atoms with E-state index >= 15 is 0 Å². The molecule has 0 unspecified atom stereocenters. The Morgan fingerprint density at radius 2 is 2.08 bits per heavy atom. The predicted molar refractivity (Wildman–Crippen MR) is 88.9 cm³/mol. The molecule has 2 aromatic rings. The minimum absolute atomic E-state index is 0.0786. The van der Waals surface area contributed by atoms with Gasteiger partial charge in [-0.3, -0.25) is 14.3 Å². The van der Waals surface area contributed by atoms with Crippen molar-refractivity contribution in [1.29, 1.82) is 0 Å². The van der Waals surface area contributed by atoms with Crippen molar-refractivity contribution in [2.45, 2.75) is 18.9 Å². The van der Waals surface area contributed by atoms with Gasteiger partial charge in [0.05, 0.1) is 6.10 Å². The summed E-state index contributed by atoms with van der Waals surface area (Å²) in [5, 5.41) is 9.72. The van der Waals surface area contributed by atoms with E-state index in [0.29, 0.717) is 17.9 Å². The molecule has 1 atom stereocenters. The average molecular weight is 328 g/mol. The van der Waals surface area contributed by atoms with Crippen molar-refractivity contribution in [3.8, 4) is 0 Å². The summed E-state index contributed by atoms with van der Waals surface area (Å²) in [7, 11) is 1.68. The number of benzene rings is 1. The summed E-state index contributed by atoms with van der Waals surface area (Å²) in [6.45, 7) is 1.22. The van der Waals surface area contributed by atoms with E-state index in [-0.39, 0.29) is 23.6 Å². The van der Waals surface area contributed by atoms with Gasteiger partial charge in [-0.15, -0.1) is 0 Å². The lowest BCUT2D eigenvalue weighted by molar-refractivity contribution is 0.0853. The highest BCUT2D eigenvalue weighted by molar-refractivity contribution is 6.04. The van der Waals surface area contributed by atoms with Gasteiger partial charge < -0.3 is 15.4 Å². The molecule has 7 nitrogen and oxygen atoms in total. The number of hydrogen-bond donors (Lipinski definition) is 2. The fourth-order valence-corrected chi connectivity index (χ4v) is 2.58. The maximum Gasteiger partial charge on any atom is 0.271 e. The lowest BCUT2D eigenvalue weighted by Gasteiger charge is -2.09. The van der Waals surface area contributed by atoms with Crippen LogP contribution in [0.5, 0.6) is 0 Å². The molecule has 1 aromatic carbocycles. The summed E-state index contributed by atoms with van der Waals surface area (Å²) in [6, 6.07) is 10.4. The van der Waals surface area contributed by atoms with Crippen molar-refractivity contribution in [2.75, 3.05) is 18.5 Å². The topological polar surface area (TPSA) is 85.2 Å². The maximum absolute atomic E-state index is 12.2. The molecule has 2 N–H and O–H groups in total. The maximum atomic E-state index is 12.2. The van der Waals surface area contributed by atoms with Gasteiger partial charge in [0, 0.05) is 31.8 Å². The van der Waals surface area contributed by atoms with Gasteiger partial charge in [0.25, 0.3) is 11.8 Å². The number of amides is 2. The van der Waals surface area contributed by atoms with Crippen LogP contribution < -0.4 is 10.6 Å². The van der Waals surface area contributed by atoms with Crippen molar-refractivity contribution in [1.82, 2.24) is 15.1 Å². The number of aromatic nitrogens is 2. The second-order valence-electron chi connectivity index (χ2n) is 5.70. The SMILES string of the molecule is Cn1nc(C(=O)NC[C@@H]2CCCO2)cc1NC(=O)c1ccccc1. The normalized spacial score (nSPS) is 16.8. The first-order valence-corrected chi connectivity index (χ1v) is 7.94. The molecular formula is C17H20N4O3. The van der Waals surface area contributed by atoms with Gasteiger partial charge >= 0.3 is 0 Å². The lowest BCUT2D eigenvalue weighted by Crippen LogP contribution is -2.32. The van der Waals surface area contributed by atoms with Crippen LogP contribution in [0.25, 0.3) is 0 Å². The summed E-state index contributed by atoms with van der Waals surface area (Å²) in [6.07, 6.45) is 2.07. The third kappa shape index (κ3) is 3.80. The van der Waals surface area contributed by atoms with E-state index in [9.17, 15) is 9.59 Å². The highest BCUT2D eigenvalue weighted by Crippen LogP contribution is 2.13. The molecule has 1 aliphatic rings. The first-order chi connectivity index (χ1) is 11.6. The summed E-state index contributed by atoms with van der Waals surface area (Å²) in [5.41, 5.74) is 0.807. The first-order valence-electron chi connectivity index (χ1n) is 7.94. The summed E-state index contributed by atoms with van der Waals surface area (Å²) < 4.78 is 6.95. The van der Waals surface area contributed by atoms with Crippen LogP contribution in [0.4, 0.5) is 5.82 Å². The summed E-state index contributed by atoms with van der Waals surface area (Å²) in [5.74, 6) is -0.0580. The monoisotopic (exact) mass is 328 g/mol. The van der Waals surface area contributed by atoms with E-state index in [2.05, 4.69) is 15.7 Å². The molecule has 0 radical (unpaired) electrons. The molecule has 0 saturated carbocycles. The van der Waals surface area contributed by atoms with Crippen molar-refractivity contribution in [3.63, 3.8) is 0 Å². The number of nitrogens with one attached hydrogen (secondary N) is 2. The van der Waals surface area contributed by atoms with Gasteiger partial charge in [-0.05, 0) is 25.0 Å². The smallest absolute Gasteiger partial charge is 0.271 e. The highest BCUT2D eigenvalue weighted by Gasteiger charge is 2.19. The molecule has 1 fully saturated rings. The fraction of sp³-hybridized carbons (Fsp3) is 0.353. The Morgan fingerprint density at radius 3 is 2.79 bits per heavy atom. The van der Waals surface area contributed by atoms with Gasteiger partial charge in [0.1, 0.15) is 5.82 Å². The number of carbonyl (C=O) groups excluding carboxylic acids is 2. The number of anilines is 1. The Morgan fingerprint density at radius 1 is 1.29 bits per heavy atom. The van der Waals surface area contributed by atoms with Crippen molar-refractivity contribution < 1.29 is 14.3 Å². The average Bonchev–Trinajstić information content (AvgIpc) is 3.24. The van der Waals surface area contributed by atoms with E-state index in [1.165, 1.54) is 4.68 Å².